The highest BCUT2D eigenvalue weighted by Crippen LogP contribution is 2.23. The number of hydrogen-bond acceptors (Lipinski definition) is 3. The second-order valence-electron chi connectivity index (χ2n) is 7.37. The number of carbonyl (C=O) groups is 1. The van der Waals surface area contributed by atoms with Crippen molar-refractivity contribution in [1.82, 2.24) is 0 Å². The zero-order valence-corrected chi connectivity index (χ0v) is 16.8. The van der Waals surface area contributed by atoms with Crippen LogP contribution in [-0.2, 0) is 0 Å². The van der Waals surface area contributed by atoms with Gasteiger partial charge in [0.15, 0.2) is 0 Å². The molecular weight excluding hydrogens is 324 g/mol. The summed E-state index contributed by atoms with van der Waals surface area (Å²) < 4.78 is 5.75. The first-order valence-corrected chi connectivity index (χ1v) is 10.6. The molecule has 1 unspecified atom stereocenters. The molecule has 1 aromatic rings. The smallest absolute Gasteiger partial charge is 0.119 e. The number of carbonyl (C=O) groups excluding carboxylic acids is 1. The SMILES string of the molecule is CCCCCCCCC(CCCC)CCCOc1ccc(C(=O)[O-])cc1. The van der Waals surface area contributed by atoms with Gasteiger partial charge in [0.2, 0.25) is 0 Å². The molecule has 0 aliphatic carbocycles. The van der Waals surface area contributed by atoms with Crippen molar-refractivity contribution in [3.63, 3.8) is 0 Å². The summed E-state index contributed by atoms with van der Waals surface area (Å²) in [6, 6.07) is 6.48. The Labute approximate surface area is 160 Å². The van der Waals surface area contributed by atoms with Gasteiger partial charge in [0.05, 0.1) is 12.6 Å². The van der Waals surface area contributed by atoms with Crippen LogP contribution in [0.2, 0.25) is 0 Å². The van der Waals surface area contributed by atoms with Gasteiger partial charge in [-0.1, -0.05) is 78.1 Å². The Morgan fingerprint density at radius 1 is 0.846 bits per heavy atom. The van der Waals surface area contributed by atoms with Gasteiger partial charge in [-0.3, -0.25) is 0 Å². The number of aromatic carboxylic acids is 1. The maximum Gasteiger partial charge on any atom is 0.119 e. The first kappa shape index (κ1) is 22.5. The second-order valence-corrected chi connectivity index (χ2v) is 7.37. The van der Waals surface area contributed by atoms with E-state index in [0.29, 0.717) is 6.61 Å². The third-order valence-electron chi connectivity index (χ3n) is 5.05. The molecule has 0 heterocycles. The lowest BCUT2D eigenvalue weighted by Crippen LogP contribution is -2.21. The Hall–Kier alpha value is -1.51. The third-order valence-corrected chi connectivity index (χ3v) is 5.05. The quantitative estimate of drug-likeness (QED) is 0.351. The van der Waals surface area contributed by atoms with Crippen molar-refractivity contribution in [2.75, 3.05) is 6.61 Å². The van der Waals surface area contributed by atoms with Gasteiger partial charge in [0.1, 0.15) is 5.75 Å². The van der Waals surface area contributed by atoms with Crippen LogP contribution in [0.5, 0.6) is 5.75 Å². The summed E-state index contributed by atoms with van der Waals surface area (Å²) in [7, 11) is 0. The van der Waals surface area contributed by atoms with Crippen LogP contribution in [0.25, 0.3) is 0 Å². The molecule has 0 saturated carbocycles. The summed E-state index contributed by atoms with van der Waals surface area (Å²) in [5.41, 5.74) is 0.191. The van der Waals surface area contributed by atoms with Gasteiger partial charge in [-0.15, -0.1) is 0 Å². The lowest BCUT2D eigenvalue weighted by molar-refractivity contribution is -0.255. The van der Waals surface area contributed by atoms with E-state index in [1.165, 1.54) is 82.8 Å². The molecule has 1 aromatic carbocycles. The van der Waals surface area contributed by atoms with E-state index in [1.54, 1.807) is 12.1 Å². The lowest BCUT2D eigenvalue weighted by atomic mass is 9.91. The number of unbranched alkanes of at least 4 members (excludes halogenated alkanes) is 6. The van der Waals surface area contributed by atoms with Crippen LogP contribution in [0.15, 0.2) is 24.3 Å². The molecule has 3 heteroatoms. The molecule has 1 atom stereocenters. The summed E-state index contributed by atoms with van der Waals surface area (Å²) in [6.07, 6.45) is 15.8. The molecule has 0 aliphatic rings. The fourth-order valence-corrected chi connectivity index (χ4v) is 3.39. The Morgan fingerprint density at radius 3 is 2.08 bits per heavy atom. The minimum Gasteiger partial charge on any atom is -0.545 e. The van der Waals surface area contributed by atoms with E-state index >= 15 is 0 Å². The molecule has 148 valence electrons. The van der Waals surface area contributed by atoms with Crippen molar-refractivity contribution in [2.24, 2.45) is 5.92 Å². The fourth-order valence-electron chi connectivity index (χ4n) is 3.39. The van der Waals surface area contributed by atoms with Gasteiger partial charge >= 0.3 is 0 Å². The van der Waals surface area contributed by atoms with Crippen LogP contribution in [0.1, 0.15) is 101 Å². The zero-order chi connectivity index (χ0) is 19.0. The van der Waals surface area contributed by atoms with Crippen LogP contribution in [0, 0.1) is 5.92 Å². The average molecular weight is 362 g/mol. The van der Waals surface area contributed by atoms with Crippen LogP contribution in [-0.4, -0.2) is 12.6 Å². The van der Waals surface area contributed by atoms with E-state index in [9.17, 15) is 9.90 Å². The summed E-state index contributed by atoms with van der Waals surface area (Å²) in [5, 5.41) is 10.7. The Kier molecular flexibility index (Phi) is 12.7. The molecule has 26 heavy (non-hydrogen) atoms. The number of ether oxygens (including phenoxy) is 1. The molecule has 0 spiro atoms. The maximum atomic E-state index is 10.7. The molecule has 1 rings (SSSR count). The minimum atomic E-state index is -1.15. The Morgan fingerprint density at radius 2 is 1.42 bits per heavy atom. The number of carboxylic acid groups (broad SMARTS) is 1. The predicted molar refractivity (Wildman–Crippen MR) is 107 cm³/mol. The third kappa shape index (κ3) is 10.5. The highest BCUT2D eigenvalue weighted by atomic mass is 16.5. The minimum absolute atomic E-state index is 0.191. The van der Waals surface area contributed by atoms with E-state index in [2.05, 4.69) is 13.8 Å². The molecule has 0 saturated heterocycles. The average Bonchev–Trinajstić information content (AvgIpc) is 2.65. The standard InChI is InChI=1S/C23H38O3/c1-3-5-7-8-9-10-13-20(12-6-4-2)14-11-19-26-22-17-15-21(16-18-22)23(24)25/h15-18,20H,3-14,19H2,1-2H3,(H,24,25)/p-1. The summed E-state index contributed by atoms with van der Waals surface area (Å²) >= 11 is 0. The van der Waals surface area contributed by atoms with Crippen molar-refractivity contribution >= 4 is 5.97 Å². The normalized spacial score (nSPS) is 12.1. The second kappa shape index (κ2) is 14.6. The van der Waals surface area contributed by atoms with Crippen molar-refractivity contribution < 1.29 is 14.6 Å². The molecule has 0 radical (unpaired) electrons. The topological polar surface area (TPSA) is 49.4 Å². The number of carboxylic acids is 1. The molecule has 0 N–H and O–H groups in total. The van der Waals surface area contributed by atoms with Crippen LogP contribution in [0.4, 0.5) is 0 Å². The van der Waals surface area contributed by atoms with Gasteiger partial charge in [0.25, 0.3) is 0 Å². The van der Waals surface area contributed by atoms with Crippen LogP contribution >= 0.6 is 0 Å². The molecule has 0 aliphatic heterocycles. The number of benzene rings is 1. The van der Waals surface area contributed by atoms with E-state index in [0.717, 1.165) is 18.1 Å². The first-order valence-electron chi connectivity index (χ1n) is 10.6. The fraction of sp³-hybridized carbons (Fsp3) is 0.696. The van der Waals surface area contributed by atoms with Gasteiger partial charge in [-0.2, -0.15) is 0 Å². The van der Waals surface area contributed by atoms with Crippen LogP contribution < -0.4 is 9.84 Å². The van der Waals surface area contributed by atoms with E-state index < -0.39 is 5.97 Å². The largest absolute Gasteiger partial charge is 0.545 e. The van der Waals surface area contributed by atoms with Gasteiger partial charge < -0.3 is 14.6 Å². The van der Waals surface area contributed by atoms with E-state index in [-0.39, 0.29) is 5.56 Å². The van der Waals surface area contributed by atoms with Crippen LogP contribution in [0.3, 0.4) is 0 Å². The molecule has 0 fully saturated rings. The van der Waals surface area contributed by atoms with E-state index in [4.69, 9.17) is 4.74 Å². The van der Waals surface area contributed by atoms with Crippen molar-refractivity contribution in [2.45, 2.75) is 90.9 Å². The van der Waals surface area contributed by atoms with Gasteiger partial charge in [-0.05, 0) is 48.6 Å². The maximum absolute atomic E-state index is 10.7. The monoisotopic (exact) mass is 361 g/mol. The van der Waals surface area contributed by atoms with Gasteiger partial charge in [-0.25, -0.2) is 0 Å². The summed E-state index contributed by atoms with van der Waals surface area (Å²) in [6.45, 7) is 5.23. The Balaban J connectivity index is 2.22. The molecular formula is C23H37O3-. The highest BCUT2D eigenvalue weighted by molar-refractivity contribution is 5.85. The van der Waals surface area contributed by atoms with Gasteiger partial charge in [0, 0.05) is 0 Å². The molecule has 3 nitrogen and oxygen atoms in total. The predicted octanol–water partition coefficient (Wildman–Crippen LogP) is 5.77. The molecule has 0 aromatic heterocycles. The number of hydrogen-bond donors (Lipinski definition) is 0. The Bertz CT molecular complexity index is 467. The summed E-state index contributed by atoms with van der Waals surface area (Å²) in [4.78, 5) is 10.7. The highest BCUT2D eigenvalue weighted by Gasteiger charge is 2.08. The van der Waals surface area contributed by atoms with Crippen molar-refractivity contribution in [3.05, 3.63) is 29.8 Å². The lowest BCUT2D eigenvalue weighted by Gasteiger charge is -2.17. The van der Waals surface area contributed by atoms with E-state index in [1.807, 2.05) is 0 Å². The summed E-state index contributed by atoms with van der Waals surface area (Å²) in [5.74, 6) is 0.409. The molecule has 0 amide bonds. The zero-order valence-electron chi connectivity index (χ0n) is 16.8. The number of rotatable bonds is 16. The van der Waals surface area contributed by atoms with Crippen molar-refractivity contribution in [1.29, 1.82) is 0 Å². The first-order chi connectivity index (χ1) is 12.7. The molecule has 0 bridgehead atoms. The van der Waals surface area contributed by atoms with Crippen molar-refractivity contribution in [3.8, 4) is 5.75 Å².